The molecule has 0 fully saturated rings. The lowest BCUT2D eigenvalue weighted by atomic mass is 10.0. The Morgan fingerprint density at radius 3 is 2.41 bits per heavy atom. The second-order valence-corrected chi connectivity index (χ2v) is 5.53. The molecule has 5 heteroatoms. The number of benzene rings is 1. The normalized spacial score (nSPS) is 13.2. The summed E-state index contributed by atoms with van der Waals surface area (Å²) >= 11 is 0. The maximum absolute atomic E-state index is 12.1. The molecule has 0 saturated carbocycles. The van der Waals surface area contributed by atoms with E-state index in [1.165, 1.54) is 0 Å². The van der Waals surface area contributed by atoms with Gasteiger partial charge in [-0.15, -0.1) is 0 Å². The fourth-order valence-corrected chi connectivity index (χ4v) is 2.08. The van der Waals surface area contributed by atoms with Crippen LogP contribution in [0.15, 0.2) is 24.3 Å². The molecule has 0 aliphatic heterocycles. The predicted octanol–water partition coefficient (Wildman–Crippen LogP) is 3.15. The number of amides is 1. The average molecular weight is 307 g/mol. The van der Waals surface area contributed by atoms with E-state index in [4.69, 9.17) is 9.84 Å². The van der Waals surface area contributed by atoms with Crippen molar-refractivity contribution >= 4 is 11.9 Å². The summed E-state index contributed by atoms with van der Waals surface area (Å²) in [7, 11) is 0. The highest BCUT2D eigenvalue weighted by atomic mass is 16.5. The summed E-state index contributed by atoms with van der Waals surface area (Å²) in [5.74, 6) is -0.431. The zero-order chi connectivity index (χ0) is 16.5. The van der Waals surface area contributed by atoms with Gasteiger partial charge in [-0.3, -0.25) is 4.79 Å². The van der Waals surface area contributed by atoms with Gasteiger partial charge < -0.3 is 15.2 Å². The van der Waals surface area contributed by atoms with Gasteiger partial charge in [-0.1, -0.05) is 38.8 Å². The fraction of sp³-hybridized carbons (Fsp3) is 0.529. The first-order valence-electron chi connectivity index (χ1n) is 7.69. The SMILES string of the molecule is CCCCC(C)C(=O)NC(C)c1ccc(OCC(=O)O)cc1. The second-order valence-electron chi connectivity index (χ2n) is 5.53. The second kappa shape index (κ2) is 9.07. The number of rotatable bonds is 9. The van der Waals surface area contributed by atoms with Gasteiger partial charge in [0.2, 0.25) is 5.91 Å². The minimum absolute atomic E-state index is 0.0144. The largest absolute Gasteiger partial charge is 0.482 e. The lowest BCUT2D eigenvalue weighted by molar-refractivity contribution is -0.139. The van der Waals surface area contributed by atoms with Crippen molar-refractivity contribution in [2.45, 2.75) is 46.1 Å². The number of ether oxygens (including phenoxy) is 1. The van der Waals surface area contributed by atoms with Gasteiger partial charge in [0.1, 0.15) is 5.75 Å². The summed E-state index contributed by atoms with van der Waals surface area (Å²) < 4.78 is 5.08. The van der Waals surface area contributed by atoms with Crippen molar-refractivity contribution < 1.29 is 19.4 Å². The number of aliphatic carboxylic acids is 1. The number of carboxylic acid groups (broad SMARTS) is 1. The van der Waals surface area contributed by atoms with Crippen molar-refractivity contribution in [1.82, 2.24) is 5.32 Å². The molecule has 1 aromatic rings. The summed E-state index contributed by atoms with van der Waals surface area (Å²) in [5.41, 5.74) is 0.957. The van der Waals surface area contributed by atoms with Gasteiger partial charge in [0.05, 0.1) is 6.04 Å². The molecule has 2 atom stereocenters. The highest BCUT2D eigenvalue weighted by molar-refractivity contribution is 5.78. The maximum atomic E-state index is 12.1. The molecule has 122 valence electrons. The van der Waals surface area contributed by atoms with Gasteiger partial charge in [-0.05, 0) is 31.0 Å². The molecule has 1 amide bonds. The van der Waals surface area contributed by atoms with Crippen molar-refractivity contribution in [1.29, 1.82) is 0 Å². The Balaban J connectivity index is 2.52. The Kier molecular flexibility index (Phi) is 7.43. The van der Waals surface area contributed by atoms with Crippen LogP contribution in [0.3, 0.4) is 0 Å². The van der Waals surface area contributed by atoms with Crippen LogP contribution in [0, 0.1) is 5.92 Å². The molecule has 0 bridgehead atoms. The van der Waals surface area contributed by atoms with E-state index in [2.05, 4.69) is 12.2 Å². The summed E-state index contributed by atoms with van der Waals surface area (Å²) in [6, 6.07) is 6.99. The monoisotopic (exact) mass is 307 g/mol. The minimum Gasteiger partial charge on any atom is -0.482 e. The first kappa shape index (κ1) is 18.0. The summed E-state index contributed by atoms with van der Waals surface area (Å²) in [4.78, 5) is 22.5. The third-order valence-electron chi connectivity index (χ3n) is 3.54. The van der Waals surface area contributed by atoms with Gasteiger partial charge in [-0.25, -0.2) is 4.79 Å². The Bertz CT molecular complexity index is 484. The molecular formula is C17H25NO4. The molecule has 2 unspecified atom stereocenters. The van der Waals surface area contributed by atoms with Gasteiger partial charge in [0, 0.05) is 5.92 Å². The molecular weight excluding hydrogens is 282 g/mol. The molecule has 22 heavy (non-hydrogen) atoms. The maximum Gasteiger partial charge on any atom is 0.341 e. The van der Waals surface area contributed by atoms with Crippen LogP contribution in [-0.4, -0.2) is 23.6 Å². The molecule has 0 aromatic heterocycles. The third kappa shape index (κ3) is 6.16. The number of carbonyl (C=O) groups is 2. The van der Waals surface area contributed by atoms with Crippen LogP contribution in [-0.2, 0) is 9.59 Å². The molecule has 2 N–H and O–H groups in total. The Morgan fingerprint density at radius 1 is 1.23 bits per heavy atom. The number of carbonyl (C=O) groups excluding carboxylic acids is 1. The van der Waals surface area contributed by atoms with E-state index < -0.39 is 5.97 Å². The van der Waals surface area contributed by atoms with Crippen LogP contribution in [0.4, 0.5) is 0 Å². The van der Waals surface area contributed by atoms with Crippen LogP contribution >= 0.6 is 0 Å². The van der Waals surface area contributed by atoms with Gasteiger partial charge in [0.25, 0.3) is 0 Å². The summed E-state index contributed by atoms with van der Waals surface area (Å²) in [5, 5.41) is 11.6. The molecule has 5 nitrogen and oxygen atoms in total. The number of nitrogens with one attached hydrogen (secondary N) is 1. The zero-order valence-corrected chi connectivity index (χ0v) is 13.5. The lowest BCUT2D eigenvalue weighted by Crippen LogP contribution is -2.31. The van der Waals surface area contributed by atoms with E-state index >= 15 is 0 Å². The van der Waals surface area contributed by atoms with E-state index in [0.717, 1.165) is 24.8 Å². The molecule has 0 saturated heterocycles. The van der Waals surface area contributed by atoms with Crippen molar-refractivity contribution in [2.75, 3.05) is 6.61 Å². The summed E-state index contributed by atoms with van der Waals surface area (Å²) in [6.45, 7) is 5.62. The van der Waals surface area contributed by atoms with Gasteiger partial charge in [0.15, 0.2) is 6.61 Å². The molecule has 1 rings (SSSR count). The molecule has 1 aromatic carbocycles. The van der Waals surface area contributed by atoms with E-state index in [9.17, 15) is 9.59 Å². The number of carboxylic acids is 1. The fourth-order valence-electron chi connectivity index (χ4n) is 2.08. The van der Waals surface area contributed by atoms with E-state index in [1.54, 1.807) is 12.1 Å². The molecule has 0 radical (unpaired) electrons. The molecule has 0 aliphatic carbocycles. The first-order chi connectivity index (χ1) is 10.4. The minimum atomic E-state index is -1.01. The van der Waals surface area contributed by atoms with Crippen molar-refractivity contribution in [3.8, 4) is 5.75 Å². The smallest absolute Gasteiger partial charge is 0.341 e. The highest BCUT2D eigenvalue weighted by Gasteiger charge is 2.15. The number of hydrogen-bond acceptors (Lipinski definition) is 3. The van der Waals surface area contributed by atoms with E-state index in [-0.39, 0.29) is 24.5 Å². The number of hydrogen-bond donors (Lipinski definition) is 2. The van der Waals surface area contributed by atoms with Crippen LogP contribution in [0.1, 0.15) is 51.6 Å². The van der Waals surface area contributed by atoms with Gasteiger partial charge in [-0.2, -0.15) is 0 Å². The zero-order valence-electron chi connectivity index (χ0n) is 13.5. The Morgan fingerprint density at radius 2 is 1.86 bits per heavy atom. The average Bonchev–Trinajstić information content (AvgIpc) is 2.50. The van der Waals surface area contributed by atoms with Crippen LogP contribution in [0.5, 0.6) is 5.75 Å². The first-order valence-corrected chi connectivity index (χ1v) is 7.69. The number of unbranched alkanes of at least 4 members (excludes halogenated alkanes) is 1. The highest BCUT2D eigenvalue weighted by Crippen LogP contribution is 2.18. The molecule has 0 heterocycles. The lowest BCUT2D eigenvalue weighted by Gasteiger charge is -2.18. The standard InChI is InChI=1S/C17H25NO4/c1-4-5-6-12(2)17(21)18-13(3)14-7-9-15(10-8-14)22-11-16(19)20/h7-10,12-13H,4-6,11H2,1-3H3,(H,18,21)(H,19,20). The molecule has 0 aliphatic rings. The van der Waals surface area contributed by atoms with Crippen LogP contribution in [0.2, 0.25) is 0 Å². The summed E-state index contributed by atoms with van der Waals surface area (Å²) in [6.07, 6.45) is 3.04. The van der Waals surface area contributed by atoms with Crippen LogP contribution < -0.4 is 10.1 Å². The van der Waals surface area contributed by atoms with Gasteiger partial charge >= 0.3 is 5.97 Å². The van der Waals surface area contributed by atoms with Crippen molar-refractivity contribution in [3.05, 3.63) is 29.8 Å². The quantitative estimate of drug-likeness (QED) is 0.735. The third-order valence-corrected chi connectivity index (χ3v) is 3.54. The Labute approximate surface area is 131 Å². The van der Waals surface area contributed by atoms with Crippen LogP contribution in [0.25, 0.3) is 0 Å². The predicted molar refractivity (Wildman–Crippen MR) is 84.8 cm³/mol. The van der Waals surface area contributed by atoms with Crippen molar-refractivity contribution in [3.63, 3.8) is 0 Å². The van der Waals surface area contributed by atoms with E-state index in [0.29, 0.717) is 5.75 Å². The topological polar surface area (TPSA) is 75.6 Å². The van der Waals surface area contributed by atoms with E-state index in [1.807, 2.05) is 26.0 Å². The van der Waals surface area contributed by atoms with Crippen molar-refractivity contribution in [2.24, 2.45) is 5.92 Å². The Hall–Kier alpha value is -2.04. The molecule has 0 spiro atoms.